The van der Waals surface area contributed by atoms with Gasteiger partial charge >= 0.3 is 12.1 Å². The van der Waals surface area contributed by atoms with Gasteiger partial charge in [0, 0.05) is 12.6 Å². The number of ether oxygens (including phenoxy) is 3. The monoisotopic (exact) mass is 375 g/mol. The number of hydrogen-bond donors (Lipinski definition) is 0. The van der Waals surface area contributed by atoms with Gasteiger partial charge in [-0.2, -0.15) is 0 Å². The van der Waals surface area contributed by atoms with E-state index >= 15 is 0 Å². The predicted molar refractivity (Wildman–Crippen MR) is 99.5 cm³/mol. The van der Waals surface area contributed by atoms with Gasteiger partial charge in [-0.25, -0.2) is 9.59 Å². The van der Waals surface area contributed by atoms with Gasteiger partial charge in [0.1, 0.15) is 5.60 Å². The number of esters is 1. The highest BCUT2D eigenvalue weighted by Gasteiger charge is 2.58. The lowest BCUT2D eigenvalue weighted by Gasteiger charge is -2.30. The topological polar surface area (TPSA) is 82.1 Å². The van der Waals surface area contributed by atoms with Crippen molar-refractivity contribution in [1.82, 2.24) is 0 Å². The van der Waals surface area contributed by atoms with Crippen LogP contribution in [0.25, 0.3) is 0 Å². The molecule has 1 atom stereocenters. The largest absolute Gasteiger partial charge is 0.510 e. The Labute approximate surface area is 158 Å². The molecule has 0 saturated heterocycles. The number of hydrogen-bond acceptors (Lipinski definition) is 6. The summed E-state index contributed by atoms with van der Waals surface area (Å²) < 4.78 is 15.5. The number of likely N-dealkylation sites (N-methyl/N-ethyl adjacent to an activating group) is 1. The molecule has 1 unspecified atom stereocenters. The zero-order valence-corrected chi connectivity index (χ0v) is 16.8. The van der Waals surface area contributed by atoms with E-state index in [0.29, 0.717) is 11.3 Å². The van der Waals surface area contributed by atoms with E-state index in [-0.39, 0.29) is 5.57 Å². The Hall–Kier alpha value is -2.83. The predicted octanol–water partition coefficient (Wildman–Crippen LogP) is 3.16. The van der Waals surface area contributed by atoms with Crippen LogP contribution in [-0.2, 0) is 29.4 Å². The molecule has 0 saturated carbocycles. The molecular weight excluding hydrogens is 350 g/mol. The van der Waals surface area contributed by atoms with Gasteiger partial charge < -0.3 is 19.1 Å². The summed E-state index contributed by atoms with van der Waals surface area (Å²) in [5, 5.41) is 0. The van der Waals surface area contributed by atoms with Gasteiger partial charge in [0.05, 0.1) is 18.4 Å². The molecule has 2 rings (SSSR count). The second kappa shape index (κ2) is 6.72. The third-order valence-electron chi connectivity index (χ3n) is 4.25. The van der Waals surface area contributed by atoms with Gasteiger partial charge in [0.15, 0.2) is 0 Å². The highest BCUT2D eigenvalue weighted by atomic mass is 16.7. The second-order valence-electron chi connectivity index (χ2n) is 7.56. The molecule has 1 aromatic rings. The summed E-state index contributed by atoms with van der Waals surface area (Å²) in [6, 6.07) is 3.59. The molecule has 1 amide bonds. The summed E-state index contributed by atoms with van der Waals surface area (Å²) >= 11 is 0. The third kappa shape index (κ3) is 3.41. The van der Waals surface area contributed by atoms with Crippen molar-refractivity contribution in [2.24, 2.45) is 0 Å². The van der Waals surface area contributed by atoms with E-state index in [4.69, 9.17) is 14.2 Å². The van der Waals surface area contributed by atoms with Gasteiger partial charge in [-0.1, -0.05) is 18.2 Å². The van der Waals surface area contributed by atoms with E-state index in [9.17, 15) is 14.4 Å². The highest BCUT2D eigenvalue weighted by Crippen LogP contribution is 2.48. The number of amides is 1. The molecule has 1 aliphatic heterocycles. The Morgan fingerprint density at radius 1 is 1.19 bits per heavy atom. The van der Waals surface area contributed by atoms with Crippen molar-refractivity contribution in [2.75, 3.05) is 19.1 Å². The van der Waals surface area contributed by atoms with Crippen molar-refractivity contribution in [3.8, 4) is 0 Å². The standard InChI is InChI=1S/C20H25NO6/c1-11-9-12(2)15-14(10-11)20(17(23)21(15)7,13(3)16(22)25-8)27-18(24)26-19(4,5)6/h9-10H,3H2,1-2,4-8H3. The maximum atomic E-state index is 13.2. The van der Waals surface area contributed by atoms with Crippen LogP contribution in [-0.4, -0.2) is 37.8 Å². The van der Waals surface area contributed by atoms with Crippen LogP contribution in [0.2, 0.25) is 0 Å². The number of carbonyl (C=O) groups is 3. The molecule has 0 fully saturated rings. The zero-order chi connectivity index (χ0) is 20.7. The summed E-state index contributed by atoms with van der Waals surface area (Å²) in [4.78, 5) is 39.3. The first kappa shape index (κ1) is 20.5. The van der Waals surface area contributed by atoms with Crippen LogP contribution >= 0.6 is 0 Å². The Morgan fingerprint density at radius 3 is 2.30 bits per heavy atom. The molecule has 1 heterocycles. The fraction of sp³-hybridized carbons (Fsp3) is 0.450. The van der Waals surface area contributed by atoms with Gasteiger partial charge in [-0.3, -0.25) is 4.79 Å². The Morgan fingerprint density at radius 2 is 1.78 bits per heavy atom. The number of nitrogens with zero attached hydrogens (tertiary/aromatic N) is 1. The smallest absolute Gasteiger partial charge is 0.466 e. The Kier molecular flexibility index (Phi) is 5.10. The van der Waals surface area contributed by atoms with E-state index in [0.717, 1.165) is 11.1 Å². The van der Waals surface area contributed by atoms with E-state index in [1.54, 1.807) is 33.9 Å². The summed E-state index contributed by atoms with van der Waals surface area (Å²) in [7, 11) is 2.72. The molecule has 146 valence electrons. The molecule has 7 nitrogen and oxygen atoms in total. The number of carbonyl (C=O) groups excluding carboxylic acids is 3. The van der Waals surface area contributed by atoms with Gasteiger partial charge in [0.2, 0.25) is 0 Å². The Balaban J connectivity index is 2.72. The Bertz CT molecular complexity index is 836. The second-order valence-corrected chi connectivity index (χ2v) is 7.56. The van der Waals surface area contributed by atoms with Crippen molar-refractivity contribution in [3.05, 3.63) is 41.0 Å². The molecule has 0 aliphatic carbocycles. The SMILES string of the molecule is C=C(C(=O)OC)C1(OC(=O)OC(C)(C)C)C(=O)N(C)c2c(C)cc(C)cc21. The third-order valence-corrected chi connectivity index (χ3v) is 4.25. The number of anilines is 1. The molecule has 1 aromatic carbocycles. The summed E-state index contributed by atoms with van der Waals surface area (Å²) in [6.45, 7) is 12.4. The highest BCUT2D eigenvalue weighted by molar-refractivity contribution is 6.15. The number of rotatable bonds is 3. The first-order valence-electron chi connectivity index (χ1n) is 8.44. The van der Waals surface area contributed by atoms with Crippen molar-refractivity contribution in [3.63, 3.8) is 0 Å². The van der Waals surface area contributed by atoms with Gasteiger partial charge in [0.25, 0.3) is 11.5 Å². The number of aryl methyl sites for hydroxylation is 2. The normalized spacial score (nSPS) is 18.8. The molecule has 27 heavy (non-hydrogen) atoms. The van der Waals surface area contributed by atoms with Crippen molar-refractivity contribution in [2.45, 2.75) is 45.8 Å². The fourth-order valence-corrected chi connectivity index (χ4v) is 3.24. The molecule has 0 N–H and O–H groups in total. The average molecular weight is 375 g/mol. The minimum atomic E-state index is -2.05. The van der Waals surface area contributed by atoms with Crippen LogP contribution in [0.5, 0.6) is 0 Å². The minimum absolute atomic E-state index is 0.295. The zero-order valence-electron chi connectivity index (χ0n) is 16.8. The molecule has 1 aliphatic rings. The maximum absolute atomic E-state index is 13.2. The average Bonchev–Trinajstić information content (AvgIpc) is 2.74. The lowest BCUT2D eigenvalue weighted by molar-refractivity contribution is -0.146. The van der Waals surface area contributed by atoms with E-state index in [2.05, 4.69) is 6.58 Å². The van der Waals surface area contributed by atoms with Crippen LogP contribution in [0.4, 0.5) is 10.5 Å². The maximum Gasteiger partial charge on any atom is 0.510 e. The minimum Gasteiger partial charge on any atom is -0.466 e. The molecule has 0 radical (unpaired) electrons. The van der Waals surface area contributed by atoms with Crippen LogP contribution in [0.1, 0.15) is 37.5 Å². The van der Waals surface area contributed by atoms with Crippen LogP contribution < -0.4 is 4.90 Å². The summed E-state index contributed by atoms with van der Waals surface area (Å²) in [5.41, 5.74) is -0.637. The van der Waals surface area contributed by atoms with E-state index in [1.165, 1.54) is 12.0 Å². The van der Waals surface area contributed by atoms with Gasteiger partial charge in [-0.15, -0.1) is 0 Å². The molecule has 0 spiro atoms. The van der Waals surface area contributed by atoms with Crippen molar-refractivity contribution >= 4 is 23.7 Å². The first-order valence-corrected chi connectivity index (χ1v) is 8.44. The van der Waals surface area contributed by atoms with Crippen molar-refractivity contribution < 1.29 is 28.6 Å². The summed E-state index contributed by atoms with van der Waals surface area (Å²) in [6.07, 6.45) is -1.08. The molecule has 0 aromatic heterocycles. The quantitative estimate of drug-likeness (QED) is 0.596. The van der Waals surface area contributed by atoms with E-state index < -0.39 is 29.2 Å². The van der Waals surface area contributed by atoms with Crippen LogP contribution in [0.15, 0.2) is 24.3 Å². The summed E-state index contributed by atoms with van der Waals surface area (Å²) in [5.74, 6) is -1.47. The van der Waals surface area contributed by atoms with Crippen LogP contribution in [0.3, 0.4) is 0 Å². The number of benzene rings is 1. The lowest BCUT2D eigenvalue weighted by atomic mass is 9.86. The van der Waals surface area contributed by atoms with Gasteiger partial charge in [-0.05, 0) is 46.2 Å². The van der Waals surface area contributed by atoms with Crippen LogP contribution in [0, 0.1) is 13.8 Å². The fourth-order valence-electron chi connectivity index (χ4n) is 3.24. The molecular formula is C20H25NO6. The van der Waals surface area contributed by atoms with E-state index in [1.807, 2.05) is 19.9 Å². The lowest BCUT2D eigenvalue weighted by Crippen LogP contribution is -2.46. The number of fused-ring (bicyclic) bond motifs is 1. The molecule has 7 heteroatoms. The molecule has 0 bridgehead atoms. The first-order chi connectivity index (χ1) is 12.3. The van der Waals surface area contributed by atoms with Crippen molar-refractivity contribution in [1.29, 1.82) is 0 Å². The number of methoxy groups -OCH3 is 1.